The lowest BCUT2D eigenvalue weighted by atomic mass is 9.44. The molecule has 0 aromatic heterocycles. The molecular formula is C55H72Cl2O6. The van der Waals surface area contributed by atoms with Crippen molar-refractivity contribution in [3.8, 4) is 23.7 Å². The Morgan fingerprint density at radius 2 is 0.937 bits per heavy atom. The summed E-state index contributed by atoms with van der Waals surface area (Å²) >= 11 is 9.53. The van der Waals surface area contributed by atoms with Crippen LogP contribution < -0.4 is 0 Å². The fraction of sp³-hybridized carbons (Fsp3) is 0.745. The van der Waals surface area contributed by atoms with Crippen LogP contribution in [0.15, 0.2) is 36.4 Å². The molecule has 1 aromatic rings. The Hall–Kier alpha value is -2.48. The molecule has 7 aliphatic heterocycles. The van der Waals surface area contributed by atoms with Crippen molar-refractivity contribution in [1.29, 1.82) is 0 Å². The van der Waals surface area contributed by atoms with Crippen LogP contribution in [-0.2, 0) is 19.1 Å². The zero-order valence-corrected chi connectivity index (χ0v) is 39.9. The first-order valence-electron chi connectivity index (χ1n) is 24.9. The topological polar surface area (TPSA) is 93.1 Å². The van der Waals surface area contributed by atoms with E-state index in [1.807, 2.05) is 24.3 Å². The molecule has 2 N–H and O–H groups in total. The first-order valence-corrected chi connectivity index (χ1v) is 25.9. The van der Waals surface area contributed by atoms with Crippen LogP contribution in [-0.4, -0.2) is 50.9 Å². The van der Waals surface area contributed by atoms with E-state index >= 15 is 0 Å². The van der Waals surface area contributed by atoms with Crippen molar-refractivity contribution >= 4 is 35.1 Å². The Labute approximate surface area is 387 Å². The number of hydrogen-bond acceptors (Lipinski definition) is 6. The molecule has 0 unspecified atom stereocenters. The first-order chi connectivity index (χ1) is 30.1. The summed E-state index contributed by atoms with van der Waals surface area (Å²) in [5.74, 6) is 17.8. The van der Waals surface area contributed by atoms with Gasteiger partial charge < -0.3 is 19.7 Å². The van der Waals surface area contributed by atoms with Crippen molar-refractivity contribution in [1.82, 2.24) is 0 Å². The van der Waals surface area contributed by atoms with Gasteiger partial charge in [-0.3, -0.25) is 9.59 Å². The molecule has 7 heterocycles. The highest BCUT2D eigenvalue weighted by molar-refractivity contribution is 6.40. The fourth-order valence-electron chi connectivity index (χ4n) is 16.9. The van der Waals surface area contributed by atoms with E-state index in [2.05, 4.69) is 51.4 Å². The maximum Gasteiger partial charge on any atom is 0.309 e. The minimum atomic E-state index is -1.01. The highest BCUT2D eigenvalue weighted by Crippen LogP contribution is 2.70. The first kappa shape index (κ1) is 45.7. The molecule has 18 bridgehead atoms. The SMILES string of the molecule is C[C@]12CC[C@@H]3C[C@@H]1CC[C@@H]1[C@@H]2CC[C@@]2(C)[C@H]1CC[C@@]2(O)C#Cc1ccc(cc1)C#C[C@]1(O)CC[C@H]2[C@@H]4CC[C@H]5C[C@@H](CC[C@]5(C)[C@H]4CC[C@@]21C)OC(=O)C/C=C\CC(=O)O3.ClCCl. The summed E-state index contributed by atoms with van der Waals surface area (Å²) in [6.45, 7) is 9.69. The van der Waals surface area contributed by atoms with Gasteiger partial charge in [-0.05, 0) is 198 Å². The second kappa shape index (κ2) is 17.3. The lowest BCUT2D eigenvalue weighted by Crippen LogP contribution is -2.56. The van der Waals surface area contributed by atoms with E-state index in [1.165, 1.54) is 12.8 Å². The van der Waals surface area contributed by atoms with Crippen molar-refractivity contribution in [2.24, 2.45) is 69.0 Å². The number of esters is 2. The highest BCUT2D eigenvalue weighted by Gasteiger charge is 2.66. The lowest BCUT2D eigenvalue weighted by Gasteiger charge is -2.61. The second-order valence-corrected chi connectivity index (χ2v) is 23.7. The van der Waals surface area contributed by atoms with Gasteiger partial charge in [0.15, 0.2) is 0 Å². The van der Waals surface area contributed by atoms with E-state index in [0.29, 0.717) is 47.3 Å². The number of hydrogen-bond donors (Lipinski definition) is 2. The molecule has 0 amide bonds. The van der Waals surface area contributed by atoms with Crippen molar-refractivity contribution < 1.29 is 29.3 Å². The van der Waals surface area contributed by atoms with Gasteiger partial charge in [-0.15, -0.1) is 23.2 Å². The molecule has 8 aliphatic carbocycles. The zero-order chi connectivity index (χ0) is 44.4. The van der Waals surface area contributed by atoms with E-state index in [9.17, 15) is 19.8 Å². The standard InChI is InChI=1S/C54H70O6.CH2Cl2/c1-49-25-19-39-33-37(49)13-15-41-43(49)21-27-51(3)45(41)23-31-53(51,57)29-17-35-9-11-36(12-10-35)18-30-54(58)32-24-46-42-16-14-38-34-40(60-48(56)8-6-5-7-47(55)59-39)20-26-50(38,2)44(42)22-28-52(46,54)4;2-1-3/h5-6,9-12,37-46,57-58H,7-8,13-16,19-28,31-34H2,1-4H3;1H2/b6-5-;/t37-,38-,39+,40+,41+,42+,43-,44-,45-,46-,49-,50-,51-,52-,53-,54-;/m0./s1. The van der Waals surface area contributed by atoms with Crippen LogP contribution in [0.3, 0.4) is 0 Å². The van der Waals surface area contributed by atoms with Crippen LogP contribution >= 0.6 is 23.2 Å². The average molecular weight is 900 g/mol. The molecule has 63 heavy (non-hydrogen) atoms. The molecule has 1 aromatic carbocycles. The molecule has 15 aliphatic rings. The van der Waals surface area contributed by atoms with Gasteiger partial charge in [0.25, 0.3) is 0 Å². The molecule has 8 heteroatoms. The minimum Gasteiger partial charge on any atom is -0.462 e. The summed E-state index contributed by atoms with van der Waals surface area (Å²) in [5, 5.41) is 24.9. The number of carbonyl (C=O) groups excluding carboxylic acids is 2. The van der Waals surface area contributed by atoms with Gasteiger partial charge in [0.2, 0.25) is 0 Å². The Bertz CT molecular complexity index is 1920. The zero-order valence-electron chi connectivity index (χ0n) is 38.4. The van der Waals surface area contributed by atoms with Crippen molar-refractivity contribution in [3.63, 3.8) is 0 Å². The Kier molecular flexibility index (Phi) is 12.5. The van der Waals surface area contributed by atoms with Crippen LogP contribution in [0.25, 0.3) is 0 Å². The van der Waals surface area contributed by atoms with E-state index in [0.717, 1.165) is 114 Å². The van der Waals surface area contributed by atoms with E-state index < -0.39 is 11.2 Å². The van der Waals surface area contributed by atoms with E-state index in [-0.39, 0.29) is 64.0 Å². The number of carbonyl (C=O) groups is 2. The molecule has 8 fully saturated rings. The maximum atomic E-state index is 13.1. The van der Waals surface area contributed by atoms with Gasteiger partial charge in [-0.1, -0.05) is 63.5 Å². The van der Waals surface area contributed by atoms with Gasteiger partial charge in [0, 0.05) is 22.0 Å². The summed E-state index contributed by atoms with van der Waals surface area (Å²) < 4.78 is 12.2. The summed E-state index contributed by atoms with van der Waals surface area (Å²) in [6, 6.07) is 8.14. The third kappa shape index (κ3) is 7.84. The van der Waals surface area contributed by atoms with Crippen LogP contribution in [0.1, 0.15) is 167 Å². The van der Waals surface area contributed by atoms with Gasteiger partial charge in [0.1, 0.15) is 23.4 Å². The number of ether oxygens (including phenoxy) is 2. The Morgan fingerprint density at radius 3 is 1.33 bits per heavy atom. The number of rotatable bonds is 0. The molecule has 342 valence electrons. The van der Waals surface area contributed by atoms with Gasteiger partial charge >= 0.3 is 11.9 Å². The molecule has 0 saturated heterocycles. The van der Waals surface area contributed by atoms with Crippen molar-refractivity contribution in [2.45, 2.75) is 180 Å². The Morgan fingerprint density at radius 1 is 0.556 bits per heavy atom. The summed E-state index contributed by atoms with van der Waals surface area (Å²) in [4.78, 5) is 26.1. The lowest BCUT2D eigenvalue weighted by molar-refractivity contribution is -0.166. The molecule has 16 atom stereocenters. The smallest absolute Gasteiger partial charge is 0.309 e. The largest absolute Gasteiger partial charge is 0.462 e. The highest BCUT2D eigenvalue weighted by atomic mass is 35.5. The predicted molar refractivity (Wildman–Crippen MR) is 248 cm³/mol. The van der Waals surface area contributed by atoms with Crippen LogP contribution in [0, 0.1) is 92.7 Å². The van der Waals surface area contributed by atoms with Crippen LogP contribution in [0.2, 0.25) is 0 Å². The summed E-state index contributed by atoms with van der Waals surface area (Å²) in [5.41, 5.74) is -0.237. The van der Waals surface area contributed by atoms with Crippen molar-refractivity contribution in [3.05, 3.63) is 47.5 Å². The number of fused-ring (bicyclic) bond motifs is 2. The molecule has 6 nitrogen and oxygen atoms in total. The molecule has 16 rings (SSSR count). The third-order valence-corrected chi connectivity index (χ3v) is 20.6. The predicted octanol–water partition coefficient (Wildman–Crippen LogP) is 11.5. The summed E-state index contributed by atoms with van der Waals surface area (Å²) in [7, 11) is 0. The third-order valence-electron chi connectivity index (χ3n) is 20.6. The Balaban J connectivity index is 0.00000164. The molecular weight excluding hydrogens is 828 g/mol. The number of alkyl halides is 2. The molecule has 0 spiro atoms. The van der Waals surface area contributed by atoms with Gasteiger partial charge in [-0.2, -0.15) is 0 Å². The summed E-state index contributed by atoms with van der Waals surface area (Å²) in [6.07, 6.45) is 22.1. The van der Waals surface area contributed by atoms with Crippen LogP contribution in [0.4, 0.5) is 0 Å². The van der Waals surface area contributed by atoms with Gasteiger partial charge in [-0.25, -0.2) is 0 Å². The van der Waals surface area contributed by atoms with E-state index in [4.69, 9.17) is 32.7 Å². The average Bonchev–Trinajstić information content (AvgIpc) is 3.69. The van der Waals surface area contributed by atoms with E-state index in [1.54, 1.807) is 12.2 Å². The molecule has 0 radical (unpaired) electrons. The number of halogens is 2. The molecule has 8 saturated carbocycles. The minimum absolute atomic E-state index is 0.0401. The maximum absolute atomic E-state index is 13.1. The number of aliphatic hydroxyl groups is 2. The van der Waals surface area contributed by atoms with Crippen molar-refractivity contribution in [2.75, 3.05) is 5.34 Å². The quantitative estimate of drug-likeness (QED) is 0.117. The van der Waals surface area contributed by atoms with Gasteiger partial charge in [0.05, 0.1) is 18.2 Å². The second-order valence-electron chi connectivity index (χ2n) is 22.9. The fourth-order valence-corrected chi connectivity index (χ4v) is 16.9. The monoisotopic (exact) mass is 898 g/mol. The van der Waals surface area contributed by atoms with Crippen LogP contribution in [0.5, 0.6) is 0 Å². The normalized spacial score (nSPS) is 47.9. The number of benzene rings is 1.